The molecular formula is C23H31N5O4. The summed E-state index contributed by atoms with van der Waals surface area (Å²) in [6, 6.07) is 9.56. The third-order valence-corrected chi connectivity index (χ3v) is 5.19. The van der Waals surface area contributed by atoms with Crippen LogP contribution < -0.4 is 11.2 Å². The first-order valence-corrected chi connectivity index (χ1v) is 10.9. The number of aromatic nitrogens is 4. The van der Waals surface area contributed by atoms with Crippen LogP contribution in [0.2, 0.25) is 0 Å². The maximum atomic E-state index is 12.8. The maximum absolute atomic E-state index is 12.8. The second kappa shape index (κ2) is 10.4. The van der Waals surface area contributed by atoms with Gasteiger partial charge in [-0.05, 0) is 31.9 Å². The van der Waals surface area contributed by atoms with E-state index in [-0.39, 0.29) is 12.5 Å². The number of fused-ring (bicyclic) bond motifs is 1. The molecular weight excluding hydrogens is 410 g/mol. The Morgan fingerprint density at radius 3 is 2.56 bits per heavy atom. The summed E-state index contributed by atoms with van der Waals surface area (Å²) in [5, 5.41) is 0. The van der Waals surface area contributed by atoms with Crippen LogP contribution in [0.5, 0.6) is 0 Å². The molecule has 172 valence electrons. The molecule has 2 heterocycles. The Hall–Kier alpha value is -3.20. The molecule has 0 saturated carbocycles. The normalized spacial score (nSPS) is 11.6. The Morgan fingerprint density at radius 2 is 1.91 bits per heavy atom. The van der Waals surface area contributed by atoms with Gasteiger partial charge in [-0.2, -0.15) is 0 Å². The van der Waals surface area contributed by atoms with Gasteiger partial charge in [0.25, 0.3) is 5.56 Å². The van der Waals surface area contributed by atoms with Crippen molar-refractivity contribution in [2.75, 3.05) is 20.2 Å². The van der Waals surface area contributed by atoms with Crippen molar-refractivity contribution in [1.82, 2.24) is 24.0 Å². The van der Waals surface area contributed by atoms with E-state index >= 15 is 0 Å². The lowest BCUT2D eigenvalue weighted by Crippen LogP contribution is -2.31. The first kappa shape index (κ1) is 23.5. The van der Waals surface area contributed by atoms with Crippen LogP contribution in [0.3, 0.4) is 0 Å². The largest absolute Gasteiger partial charge is 0.465 e. The molecule has 9 nitrogen and oxygen atoms in total. The van der Waals surface area contributed by atoms with Crippen LogP contribution in [0.25, 0.3) is 11.2 Å². The minimum atomic E-state index is -0.494. The molecule has 0 bridgehead atoms. The number of H-pyrrole nitrogens is 1. The first-order valence-electron chi connectivity index (χ1n) is 10.9. The summed E-state index contributed by atoms with van der Waals surface area (Å²) in [6.07, 6.45) is 0.845. The van der Waals surface area contributed by atoms with E-state index in [1.54, 1.807) is 18.9 Å². The van der Waals surface area contributed by atoms with Gasteiger partial charge in [-0.15, -0.1) is 0 Å². The standard InChI is InChI=1S/C23H31N5O4/c1-5-32-19(29)15-26(4)14-18-24-21-20(27(18)12-11-16(2)3)22(30)25-23(31)28(21)13-17-9-7-6-8-10-17/h6-10,16H,5,11-15H2,1-4H3,(H,25,30,31). The van der Waals surface area contributed by atoms with E-state index < -0.39 is 11.2 Å². The van der Waals surface area contributed by atoms with Gasteiger partial charge in [0, 0.05) is 6.54 Å². The molecule has 0 atom stereocenters. The highest BCUT2D eigenvalue weighted by Crippen LogP contribution is 2.16. The molecule has 2 aromatic heterocycles. The number of nitrogens with zero attached hydrogens (tertiary/aromatic N) is 4. The molecule has 3 rings (SSSR count). The van der Waals surface area contributed by atoms with Gasteiger partial charge in [0.15, 0.2) is 11.2 Å². The van der Waals surface area contributed by atoms with Crippen LogP contribution in [0.1, 0.15) is 38.6 Å². The molecule has 3 aromatic rings. The second-order valence-corrected chi connectivity index (χ2v) is 8.34. The van der Waals surface area contributed by atoms with E-state index in [2.05, 4.69) is 18.8 Å². The third kappa shape index (κ3) is 5.53. The number of imidazole rings is 1. The average molecular weight is 442 g/mol. The number of rotatable bonds is 10. The van der Waals surface area contributed by atoms with E-state index in [1.807, 2.05) is 34.9 Å². The predicted octanol–water partition coefficient (Wildman–Crippen LogP) is 1.98. The smallest absolute Gasteiger partial charge is 0.330 e. The van der Waals surface area contributed by atoms with Crippen LogP contribution in [0, 0.1) is 5.92 Å². The Bertz CT molecular complexity index is 1180. The number of hydrogen-bond donors (Lipinski definition) is 1. The number of hydrogen-bond acceptors (Lipinski definition) is 6. The lowest BCUT2D eigenvalue weighted by Gasteiger charge is -2.17. The molecule has 0 unspecified atom stereocenters. The topological polar surface area (TPSA) is 102 Å². The number of benzene rings is 1. The van der Waals surface area contributed by atoms with Gasteiger partial charge in [-0.3, -0.25) is 24.0 Å². The summed E-state index contributed by atoms with van der Waals surface area (Å²) in [4.78, 5) is 46.3. The zero-order valence-electron chi connectivity index (χ0n) is 19.1. The molecule has 0 saturated heterocycles. The minimum Gasteiger partial charge on any atom is -0.465 e. The van der Waals surface area contributed by atoms with Crippen molar-refractivity contribution < 1.29 is 9.53 Å². The van der Waals surface area contributed by atoms with Crippen LogP contribution >= 0.6 is 0 Å². The van der Waals surface area contributed by atoms with E-state index in [1.165, 1.54) is 4.57 Å². The number of nitrogens with one attached hydrogen (secondary N) is 1. The molecule has 1 aromatic carbocycles. The van der Waals surface area contributed by atoms with Gasteiger partial charge >= 0.3 is 11.7 Å². The Morgan fingerprint density at radius 1 is 1.19 bits per heavy atom. The third-order valence-electron chi connectivity index (χ3n) is 5.19. The van der Waals surface area contributed by atoms with Crippen molar-refractivity contribution in [1.29, 1.82) is 0 Å². The first-order chi connectivity index (χ1) is 15.3. The van der Waals surface area contributed by atoms with Gasteiger partial charge < -0.3 is 9.30 Å². The summed E-state index contributed by atoms with van der Waals surface area (Å²) in [6.45, 7) is 7.64. The number of carbonyl (C=O) groups is 1. The summed E-state index contributed by atoms with van der Waals surface area (Å²) < 4.78 is 8.40. The lowest BCUT2D eigenvalue weighted by molar-refractivity contribution is -0.144. The van der Waals surface area contributed by atoms with Crippen molar-refractivity contribution in [2.45, 2.75) is 46.8 Å². The fourth-order valence-electron chi connectivity index (χ4n) is 3.60. The van der Waals surface area contributed by atoms with E-state index in [0.717, 1.165) is 12.0 Å². The number of aryl methyl sites for hydroxylation is 1. The second-order valence-electron chi connectivity index (χ2n) is 8.34. The van der Waals surface area contributed by atoms with Crippen molar-refractivity contribution in [3.05, 3.63) is 62.6 Å². The van der Waals surface area contributed by atoms with Gasteiger partial charge in [-0.25, -0.2) is 9.78 Å². The van der Waals surface area contributed by atoms with Gasteiger partial charge in [0.05, 0.1) is 26.2 Å². The van der Waals surface area contributed by atoms with Crippen molar-refractivity contribution >= 4 is 17.1 Å². The average Bonchev–Trinajstić information content (AvgIpc) is 3.08. The van der Waals surface area contributed by atoms with Gasteiger partial charge in [0.1, 0.15) is 5.82 Å². The quantitative estimate of drug-likeness (QED) is 0.483. The molecule has 0 radical (unpaired) electrons. The van der Waals surface area contributed by atoms with E-state index in [9.17, 15) is 14.4 Å². The van der Waals surface area contributed by atoms with Crippen LogP contribution in [-0.4, -0.2) is 50.2 Å². The predicted molar refractivity (Wildman–Crippen MR) is 123 cm³/mol. The Balaban J connectivity index is 2.07. The fourth-order valence-corrected chi connectivity index (χ4v) is 3.60. The lowest BCUT2D eigenvalue weighted by atomic mass is 10.1. The highest BCUT2D eigenvalue weighted by molar-refractivity contribution is 5.72. The summed E-state index contributed by atoms with van der Waals surface area (Å²) in [5.74, 6) is 0.732. The van der Waals surface area contributed by atoms with Crippen LogP contribution in [0.15, 0.2) is 39.9 Å². The summed E-state index contributed by atoms with van der Waals surface area (Å²) in [5.41, 5.74) is 0.712. The maximum Gasteiger partial charge on any atom is 0.330 e. The Kier molecular flexibility index (Phi) is 7.63. The van der Waals surface area contributed by atoms with E-state index in [4.69, 9.17) is 9.72 Å². The van der Waals surface area contributed by atoms with Crippen molar-refractivity contribution in [2.24, 2.45) is 5.92 Å². The van der Waals surface area contributed by atoms with E-state index in [0.29, 0.717) is 49.1 Å². The zero-order valence-corrected chi connectivity index (χ0v) is 19.1. The van der Waals surface area contributed by atoms with Crippen LogP contribution in [0.4, 0.5) is 0 Å². The molecule has 32 heavy (non-hydrogen) atoms. The molecule has 0 aliphatic heterocycles. The molecule has 9 heteroatoms. The minimum absolute atomic E-state index is 0.106. The molecule has 0 aliphatic carbocycles. The number of esters is 1. The molecule has 1 N–H and O–H groups in total. The summed E-state index contributed by atoms with van der Waals surface area (Å²) >= 11 is 0. The van der Waals surface area contributed by atoms with Gasteiger partial charge in [0.2, 0.25) is 0 Å². The highest BCUT2D eigenvalue weighted by Gasteiger charge is 2.20. The molecule has 0 fully saturated rings. The number of carbonyl (C=O) groups excluding carboxylic acids is 1. The SMILES string of the molecule is CCOC(=O)CN(C)Cc1nc2c(c(=O)[nH]c(=O)n2Cc2ccccc2)n1CCC(C)C. The van der Waals surface area contributed by atoms with Crippen molar-refractivity contribution in [3.8, 4) is 0 Å². The summed E-state index contributed by atoms with van der Waals surface area (Å²) in [7, 11) is 1.80. The Labute approximate surface area is 186 Å². The number of likely N-dealkylation sites (N-methyl/N-ethyl adjacent to an activating group) is 1. The monoisotopic (exact) mass is 441 g/mol. The zero-order chi connectivity index (χ0) is 23.3. The van der Waals surface area contributed by atoms with Gasteiger partial charge in [-0.1, -0.05) is 44.2 Å². The highest BCUT2D eigenvalue weighted by atomic mass is 16.5. The molecule has 0 spiro atoms. The fraction of sp³-hybridized carbons (Fsp3) is 0.478. The molecule has 0 amide bonds. The van der Waals surface area contributed by atoms with Crippen molar-refractivity contribution in [3.63, 3.8) is 0 Å². The number of aromatic amines is 1. The number of ether oxygens (including phenoxy) is 1. The molecule has 0 aliphatic rings. The van der Waals surface area contributed by atoms with Crippen LogP contribution in [-0.2, 0) is 29.2 Å².